The molecule has 0 aliphatic carbocycles. The normalized spacial score (nSPS) is 15.0. The molecule has 0 unspecified atom stereocenters. The van der Waals surface area contributed by atoms with Gasteiger partial charge < -0.3 is 9.64 Å². The van der Waals surface area contributed by atoms with Crippen molar-refractivity contribution in [2.24, 2.45) is 7.05 Å². The second kappa shape index (κ2) is 8.62. The summed E-state index contributed by atoms with van der Waals surface area (Å²) in [6, 6.07) is 7.81. The van der Waals surface area contributed by atoms with Crippen molar-refractivity contribution in [3.8, 4) is 17.0 Å². The van der Waals surface area contributed by atoms with Crippen LogP contribution < -0.4 is 4.74 Å². The first-order chi connectivity index (χ1) is 14.5. The van der Waals surface area contributed by atoms with Gasteiger partial charge in [0.15, 0.2) is 0 Å². The minimum absolute atomic E-state index is 0.0738. The van der Waals surface area contributed by atoms with Crippen molar-refractivity contribution in [1.82, 2.24) is 29.8 Å². The molecule has 3 aromatic rings. The van der Waals surface area contributed by atoms with Crippen molar-refractivity contribution >= 4 is 5.91 Å². The van der Waals surface area contributed by atoms with Crippen LogP contribution >= 0.6 is 0 Å². The van der Waals surface area contributed by atoms with Gasteiger partial charge in [0.05, 0.1) is 11.9 Å². The van der Waals surface area contributed by atoms with Crippen LogP contribution in [0.15, 0.2) is 42.7 Å². The highest BCUT2D eigenvalue weighted by atomic mass is 19.3. The van der Waals surface area contributed by atoms with Crippen molar-refractivity contribution in [2.45, 2.75) is 13.2 Å². The summed E-state index contributed by atoms with van der Waals surface area (Å²) >= 11 is 0. The molecule has 0 bridgehead atoms. The molecule has 4 rings (SSSR count). The van der Waals surface area contributed by atoms with Crippen LogP contribution in [0.4, 0.5) is 8.78 Å². The number of nitrogens with one attached hydrogen (secondary N) is 1. The molecule has 1 aliphatic heterocycles. The number of H-pyrrole nitrogens is 1. The van der Waals surface area contributed by atoms with Crippen molar-refractivity contribution in [1.29, 1.82) is 0 Å². The van der Waals surface area contributed by atoms with Crippen molar-refractivity contribution < 1.29 is 18.3 Å². The number of alkyl halides is 2. The van der Waals surface area contributed by atoms with E-state index in [-0.39, 0.29) is 11.7 Å². The number of hydrogen-bond donors (Lipinski definition) is 1. The minimum atomic E-state index is -2.87. The van der Waals surface area contributed by atoms with Gasteiger partial charge in [-0.1, -0.05) is 0 Å². The summed E-state index contributed by atoms with van der Waals surface area (Å²) in [5, 5.41) is 11.2. The number of hydrogen-bond acceptors (Lipinski definition) is 5. The molecule has 0 spiro atoms. The number of aromatic amines is 1. The molecule has 158 valence electrons. The number of amides is 1. The van der Waals surface area contributed by atoms with Gasteiger partial charge in [-0.05, 0) is 30.3 Å². The maximum absolute atomic E-state index is 12.8. The van der Waals surface area contributed by atoms with Crippen LogP contribution in [0.25, 0.3) is 11.3 Å². The van der Waals surface area contributed by atoms with E-state index in [0.717, 1.165) is 25.2 Å². The standard InChI is InChI=1S/C20H22F2N6O2/c1-26-12-14(11-23-26)13-27-6-8-28(9-7-27)19(29)18-10-17(24-25-18)15-2-4-16(5-3-15)30-20(21)22/h2-5,10-12,20H,6-9,13H2,1H3,(H,24,25). The van der Waals surface area contributed by atoms with Crippen molar-refractivity contribution in [3.63, 3.8) is 0 Å². The molecule has 0 radical (unpaired) electrons. The molecule has 8 nitrogen and oxygen atoms in total. The number of benzene rings is 1. The Labute approximate surface area is 172 Å². The quantitative estimate of drug-likeness (QED) is 0.668. The average Bonchev–Trinajstić information content (AvgIpc) is 3.38. The number of piperazine rings is 1. The average molecular weight is 416 g/mol. The third-order valence-electron chi connectivity index (χ3n) is 5.01. The van der Waals surface area contributed by atoms with Gasteiger partial charge in [0, 0.05) is 57.1 Å². The Balaban J connectivity index is 1.34. The topological polar surface area (TPSA) is 79.3 Å². The van der Waals surface area contributed by atoms with Gasteiger partial charge in [0.2, 0.25) is 0 Å². The van der Waals surface area contributed by atoms with Gasteiger partial charge in [-0.3, -0.25) is 19.5 Å². The lowest BCUT2D eigenvalue weighted by Crippen LogP contribution is -2.48. The Bertz CT molecular complexity index is 993. The first-order valence-corrected chi connectivity index (χ1v) is 9.58. The number of rotatable bonds is 6. The predicted molar refractivity (Wildman–Crippen MR) is 105 cm³/mol. The van der Waals surface area contributed by atoms with E-state index in [4.69, 9.17) is 0 Å². The third kappa shape index (κ3) is 4.65. The van der Waals surface area contributed by atoms with Gasteiger partial charge >= 0.3 is 6.61 Å². The molecule has 1 aromatic carbocycles. The fourth-order valence-electron chi connectivity index (χ4n) is 3.48. The first-order valence-electron chi connectivity index (χ1n) is 9.58. The number of carbonyl (C=O) groups excluding carboxylic acids is 1. The summed E-state index contributed by atoms with van der Waals surface area (Å²) in [5.41, 5.74) is 2.82. The first kappa shape index (κ1) is 20.0. The second-order valence-corrected chi connectivity index (χ2v) is 7.16. The van der Waals surface area contributed by atoms with Gasteiger partial charge in [-0.15, -0.1) is 0 Å². The summed E-state index contributed by atoms with van der Waals surface area (Å²) in [6.07, 6.45) is 3.85. The molecular weight excluding hydrogens is 394 g/mol. The predicted octanol–water partition coefficient (Wildman–Crippen LogP) is 2.37. The Hall–Kier alpha value is -3.27. The third-order valence-corrected chi connectivity index (χ3v) is 5.01. The second-order valence-electron chi connectivity index (χ2n) is 7.16. The molecule has 1 N–H and O–H groups in total. The zero-order chi connectivity index (χ0) is 21.1. The Morgan fingerprint density at radius 2 is 1.93 bits per heavy atom. The van der Waals surface area contributed by atoms with Gasteiger partial charge in [0.1, 0.15) is 11.4 Å². The summed E-state index contributed by atoms with van der Waals surface area (Å²) in [4.78, 5) is 16.9. The molecule has 1 saturated heterocycles. The molecular formula is C20H22F2N6O2. The van der Waals surface area contributed by atoms with Crippen LogP contribution in [0.5, 0.6) is 5.75 Å². The van der Waals surface area contributed by atoms with Gasteiger partial charge in [0.25, 0.3) is 5.91 Å². The number of halogens is 2. The van der Waals surface area contributed by atoms with Crippen LogP contribution in [0.1, 0.15) is 16.1 Å². The fraction of sp³-hybridized carbons (Fsp3) is 0.350. The summed E-state index contributed by atoms with van der Waals surface area (Å²) in [7, 11) is 1.89. The molecule has 1 aliphatic rings. The van der Waals surface area contributed by atoms with Crippen LogP contribution in [0.2, 0.25) is 0 Å². The molecule has 30 heavy (non-hydrogen) atoms. The number of nitrogens with zero attached hydrogens (tertiary/aromatic N) is 5. The number of ether oxygens (including phenoxy) is 1. The lowest BCUT2D eigenvalue weighted by molar-refractivity contribution is -0.0498. The minimum Gasteiger partial charge on any atom is -0.435 e. The van der Waals surface area contributed by atoms with E-state index in [1.165, 1.54) is 12.1 Å². The van der Waals surface area contributed by atoms with Crippen molar-refractivity contribution in [2.75, 3.05) is 26.2 Å². The van der Waals surface area contributed by atoms with E-state index in [9.17, 15) is 13.6 Å². The van der Waals surface area contributed by atoms with Gasteiger partial charge in [-0.2, -0.15) is 19.0 Å². The molecule has 1 amide bonds. The van der Waals surface area contributed by atoms with E-state index >= 15 is 0 Å². The molecule has 3 heterocycles. The number of carbonyl (C=O) groups is 1. The SMILES string of the molecule is Cn1cc(CN2CCN(C(=O)c3cc(-c4ccc(OC(F)F)cc4)n[nH]3)CC2)cn1. The van der Waals surface area contributed by atoms with Gasteiger partial charge in [-0.25, -0.2) is 0 Å². The molecule has 2 aromatic heterocycles. The van der Waals surface area contributed by atoms with Crippen LogP contribution in [-0.4, -0.2) is 68.5 Å². The largest absolute Gasteiger partial charge is 0.435 e. The monoisotopic (exact) mass is 416 g/mol. The van der Waals surface area contributed by atoms with Crippen LogP contribution in [0, 0.1) is 0 Å². The highest BCUT2D eigenvalue weighted by Crippen LogP contribution is 2.23. The van der Waals surface area contributed by atoms with E-state index < -0.39 is 6.61 Å². The fourth-order valence-corrected chi connectivity index (χ4v) is 3.48. The molecule has 10 heteroatoms. The van der Waals surface area contributed by atoms with Crippen LogP contribution in [0.3, 0.4) is 0 Å². The summed E-state index contributed by atoms with van der Waals surface area (Å²) < 4.78 is 30.6. The summed E-state index contributed by atoms with van der Waals surface area (Å²) in [5.74, 6) is -0.0304. The number of aromatic nitrogens is 4. The molecule has 1 fully saturated rings. The maximum atomic E-state index is 12.8. The van der Waals surface area contributed by atoms with Crippen molar-refractivity contribution in [3.05, 3.63) is 54.0 Å². The van der Waals surface area contributed by atoms with E-state index in [1.54, 1.807) is 27.8 Å². The van der Waals surface area contributed by atoms with E-state index in [2.05, 4.69) is 24.9 Å². The Kier molecular flexibility index (Phi) is 5.75. The molecule has 0 saturated carbocycles. The lowest BCUT2D eigenvalue weighted by Gasteiger charge is -2.34. The van der Waals surface area contributed by atoms with E-state index in [1.807, 2.05) is 19.4 Å². The zero-order valence-electron chi connectivity index (χ0n) is 16.5. The number of aryl methyl sites for hydroxylation is 1. The summed E-state index contributed by atoms with van der Waals surface area (Å²) in [6.45, 7) is 0.783. The Morgan fingerprint density at radius 1 is 1.20 bits per heavy atom. The highest BCUT2D eigenvalue weighted by Gasteiger charge is 2.24. The molecule has 0 atom stereocenters. The van der Waals surface area contributed by atoms with Crippen LogP contribution in [-0.2, 0) is 13.6 Å². The van der Waals surface area contributed by atoms with E-state index in [0.29, 0.717) is 30.0 Å². The maximum Gasteiger partial charge on any atom is 0.387 e. The highest BCUT2D eigenvalue weighted by molar-refractivity contribution is 5.93. The Morgan fingerprint density at radius 3 is 2.57 bits per heavy atom. The zero-order valence-corrected chi connectivity index (χ0v) is 16.5. The smallest absolute Gasteiger partial charge is 0.387 e. The lowest BCUT2D eigenvalue weighted by atomic mass is 10.1.